The zero-order valence-corrected chi connectivity index (χ0v) is 19.1. The second-order valence-electron chi connectivity index (χ2n) is 9.26. The third-order valence-corrected chi connectivity index (χ3v) is 6.46. The highest BCUT2D eigenvalue weighted by molar-refractivity contribution is 8.31. The zero-order valence-electron chi connectivity index (χ0n) is 18.3. The van der Waals surface area contributed by atoms with Gasteiger partial charge in [0.1, 0.15) is 5.60 Å². The van der Waals surface area contributed by atoms with E-state index in [9.17, 15) is 23.8 Å². The monoisotopic (exact) mass is 440 g/mol. The molecule has 1 aliphatic heterocycles. The van der Waals surface area contributed by atoms with Crippen LogP contribution in [0.4, 0.5) is 4.79 Å². The van der Waals surface area contributed by atoms with Crippen molar-refractivity contribution in [2.24, 2.45) is 0 Å². The van der Waals surface area contributed by atoms with Gasteiger partial charge in [-0.05, 0) is 59.1 Å². The van der Waals surface area contributed by atoms with E-state index in [2.05, 4.69) is 5.32 Å². The second-order valence-corrected chi connectivity index (χ2v) is 11.1. The van der Waals surface area contributed by atoms with Crippen molar-refractivity contribution >= 4 is 27.7 Å². The van der Waals surface area contributed by atoms with Crippen LogP contribution in [0.15, 0.2) is 30.3 Å². The first-order valence-electron chi connectivity index (χ1n) is 9.69. The lowest BCUT2D eigenvalue weighted by Gasteiger charge is -2.46. The van der Waals surface area contributed by atoms with Gasteiger partial charge in [0.2, 0.25) is 0 Å². The normalized spacial score (nSPS) is 18.6. The van der Waals surface area contributed by atoms with Gasteiger partial charge in [0, 0.05) is 6.08 Å². The molecule has 0 bridgehead atoms. The van der Waals surface area contributed by atoms with Crippen LogP contribution in [0.25, 0.3) is 4.91 Å². The van der Waals surface area contributed by atoms with Gasteiger partial charge < -0.3 is 15.2 Å². The van der Waals surface area contributed by atoms with Crippen molar-refractivity contribution in [3.05, 3.63) is 41.5 Å². The Hall–Kier alpha value is -2.07. The summed E-state index contributed by atoms with van der Waals surface area (Å²) >= 11 is 0. The number of ether oxygens (including phenoxy) is 1. The highest BCUT2D eigenvalue weighted by Crippen LogP contribution is 2.62. The number of alkyl carbamates (subject to hydrolysis) is 1. The molecule has 0 aliphatic carbocycles. The van der Waals surface area contributed by atoms with Gasteiger partial charge in [0.15, 0.2) is 0 Å². The molecule has 0 saturated heterocycles. The lowest BCUT2D eigenvalue weighted by molar-refractivity contribution is -0.124. The Balaban J connectivity index is 2.12. The molecule has 1 atom stereocenters. The summed E-state index contributed by atoms with van der Waals surface area (Å²) in [5.41, 5.74) is -0.0272. The standard InChI is InChI=1S/C21H32N2O6S/c1-20(2,3)23-18(25)12-17(30(23,27)28)15-9-7-14(8-10-15)11-16(13-24)22-19(26)29-21(4,5)6/h7-10,12,16,24,27-28H,11,13H2,1-6H3,(H,22,26)/t16-/m0/s1. The van der Waals surface area contributed by atoms with Crippen molar-refractivity contribution < 1.29 is 28.5 Å². The van der Waals surface area contributed by atoms with Crippen molar-refractivity contribution in [3.63, 3.8) is 0 Å². The molecule has 2 amide bonds. The smallest absolute Gasteiger partial charge is 0.407 e. The van der Waals surface area contributed by atoms with Crippen LogP contribution in [0.3, 0.4) is 0 Å². The van der Waals surface area contributed by atoms with E-state index in [1.54, 1.807) is 65.8 Å². The first-order chi connectivity index (χ1) is 13.6. The SMILES string of the molecule is CC(C)(C)OC(=O)N[C@H](CO)Cc1ccc(C2=CC(=O)N(C(C)(C)C)S2(O)O)cc1. The number of aliphatic hydroxyl groups excluding tert-OH is 1. The molecule has 0 fully saturated rings. The van der Waals surface area contributed by atoms with Gasteiger partial charge in [-0.3, -0.25) is 13.9 Å². The van der Waals surface area contributed by atoms with Gasteiger partial charge in [0.25, 0.3) is 5.91 Å². The number of hydrogen-bond acceptors (Lipinski definition) is 6. The van der Waals surface area contributed by atoms with Crippen LogP contribution in [0.1, 0.15) is 52.7 Å². The molecule has 30 heavy (non-hydrogen) atoms. The quantitative estimate of drug-likeness (QED) is 0.553. The van der Waals surface area contributed by atoms with E-state index in [1.807, 2.05) is 0 Å². The Bertz CT molecular complexity index is 821. The fourth-order valence-electron chi connectivity index (χ4n) is 3.15. The summed E-state index contributed by atoms with van der Waals surface area (Å²) in [4.78, 5) is 24.4. The van der Waals surface area contributed by atoms with E-state index in [4.69, 9.17) is 4.74 Å². The van der Waals surface area contributed by atoms with Crippen LogP contribution in [0.5, 0.6) is 0 Å². The van der Waals surface area contributed by atoms with Gasteiger partial charge in [-0.1, -0.05) is 35.0 Å². The minimum atomic E-state index is -3.43. The third-order valence-electron chi connectivity index (χ3n) is 4.28. The van der Waals surface area contributed by atoms with Crippen molar-refractivity contribution in [2.45, 2.75) is 65.1 Å². The molecular formula is C21H32N2O6S. The van der Waals surface area contributed by atoms with E-state index in [1.165, 1.54) is 6.08 Å². The Morgan fingerprint density at radius 2 is 1.70 bits per heavy atom. The highest BCUT2D eigenvalue weighted by atomic mass is 32.3. The molecule has 1 heterocycles. The van der Waals surface area contributed by atoms with Crippen LogP contribution in [0, 0.1) is 0 Å². The molecule has 0 aromatic heterocycles. The molecule has 1 aliphatic rings. The van der Waals surface area contributed by atoms with Gasteiger partial charge in [-0.15, -0.1) is 0 Å². The molecule has 168 valence electrons. The van der Waals surface area contributed by atoms with E-state index in [0.717, 1.165) is 9.87 Å². The lowest BCUT2D eigenvalue weighted by Crippen LogP contribution is -2.43. The molecule has 4 N–H and O–H groups in total. The van der Waals surface area contributed by atoms with Gasteiger partial charge in [0.05, 0.1) is 23.1 Å². The number of carbonyl (C=O) groups is 2. The molecule has 0 unspecified atom stereocenters. The molecule has 1 aromatic rings. The van der Waals surface area contributed by atoms with E-state index in [-0.39, 0.29) is 11.5 Å². The second kappa shape index (κ2) is 8.58. The van der Waals surface area contributed by atoms with Gasteiger partial charge in [-0.25, -0.2) is 9.10 Å². The number of hydrogen-bond donors (Lipinski definition) is 4. The molecule has 1 aromatic carbocycles. The van der Waals surface area contributed by atoms with Crippen molar-refractivity contribution in [1.82, 2.24) is 9.62 Å². The fraction of sp³-hybridized carbons (Fsp3) is 0.524. The maximum Gasteiger partial charge on any atom is 0.407 e. The molecule has 0 spiro atoms. The summed E-state index contributed by atoms with van der Waals surface area (Å²) in [6.45, 7) is 10.2. The largest absolute Gasteiger partial charge is 0.444 e. The summed E-state index contributed by atoms with van der Waals surface area (Å²) in [5.74, 6) is -0.441. The third kappa shape index (κ3) is 5.75. The minimum Gasteiger partial charge on any atom is -0.444 e. The van der Waals surface area contributed by atoms with Crippen LogP contribution >= 0.6 is 10.8 Å². The van der Waals surface area contributed by atoms with Crippen LogP contribution in [-0.2, 0) is 16.0 Å². The molecule has 0 radical (unpaired) electrons. The number of nitrogens with zero attached hydrogens (tertiary/aromatic N) is 1. The fourth-order valence-corrected chi connectivity index (χ4v) is 5.13. The highest BCUT2D eigenvalue weighted by Gasteiger charge is 2.44. The summed E-state index contributed by atoms with van der Waals surface area (Å²) in [6, 6.07) is 6.37. The number of aliphatic hydroxyl groups is 1. The van der Waals surface area contributed by atoms with Crippen LogP contribution in [-0.4, -0.2) is 54.3 Å². The number of benzene rings is 1. The first-order valence-corrected chi connectivity index (χ1v) is 11.2. The Morgan fingerprint density at radius 1 is 1.13 bits per heavy atom. The molecule has 0 saturated carbocycles. The van der Waals surface area contributed by atoms with Crippen LogP contribution < -0.4 is 5.32 Å². The first kappa shape index (κ1) is 24.2. The number of rotatable bonds is 5. The maximum atomic E-state index is 12.3. The number of carbonyl (C=O) groups excluding carboxylic acids is 2. The maximum absolute atomic E-state index is 12.3. The lowest BCUT2D eigenvalue weighted by atomic mass is 10.0. The summed E-state index contributed by atoms with van der Waals surface area (Å²) in [6.07, 6.45) is 1.01. The summed E-state index contributed by atoms with van der Waals surface area (Å²) in [7, 11) is -3.43. The topological polar surface area (TPSA) is 119 Å². The number of nitrogens with one attached hydrogen (secondary N) is 1. The predicted octanol–water partition coefficient (Wildman–Crippen LogP) is 3.76. The average Bonchev–Trinajstić information content (AvgIpc) is 2.81. The Morgan fingerprint density at radius 3 is 2.13 bits per heavy atom. The van der Waals surface area contributed by atoms with Crippen LogP contribution in [0.2, 0.25) is 0 Å². The Kier molecular flexibility index (Phi) is 6.92. The van der Waals surface area contributed by atoms with E-state index < -0.39 is 40.0 Å². The van der Waals surface area contributed by atoms with Crippen molar-refractivity contribution in [3.8, 4) is 0 Å². The number of amides is 2. The summed E-state index contributed by atoms with van der Waals surface area (Å²) < 4.78 is 27.7. The molecular weight excluding hydrogens is 408 g/mol. The van der Waals surface area contributed by atoms with Gasteiger partial charge >= 0.3 is 6.09 Å². The molecule has 8 nitrogen and oxygen atoms in total. The van der Waals surface area contributed by atoms with Crippen molar-refractivity contribution in [1.29, 1.82) is 0 Å². The van der Waals surface area contributed by atoms with Gasteiger partial charge in [-0.2, -0.15) is 0 Å². The minimum absolute atomic E-state index is 0.180. The average molecular weight is 441 g/mol. The van der Waals surface area contributed by atoms with Crippen molar-refractivity contribution in [2.75, 3.05) is 6.61 Å². The van der Waals surface area contributed by atoms with E-state index >= 15 is 0 Å². The Labute approximate surface area is 179 Å². The molecule has 2 rings (SSSR count). The zero-order chi connectivity index (χ0) is 22.9. The molecule has 9 heteroatoms. The predicted molar refractivity (Wildman–Crippen MR) is 118 cm³/mol. The summed E-state index contributed by atoms with van der Waals surface area (Å²) in [5, 5.41) is 12.2. The van der Waals surface area contributed by atoms with E-state index in [0.29, 0.717) is 12.0 Å².